The normalized spacial score (nSPS) is 19.1. The Morgan fingerprint density at radius 2 is 2.24 bits per heavy atom. The first-order valence-corrected chi connectivity index (χ1v) is 7.79. The van der Waals surface area contributed by atoms with Crippen LogP contribution in [0, 0.1) is 5.92 Å². The molecule has 0 unspecified atom stereocenters. The van der Waals surface area contributed by atoms with Crippen LogP contribution < -0.4 is 5.32 Å². The number of nitrogens with zero attached hydrogens (tertiary/aromatic N) is 4. The molecule has 0 spiro atoms. The maximum absolute atomic E-state index is 4.60. The molecule has 1 aliphatic heterocycles. The third kappa shape index (κ3) is 3.29. The van der Waals surface area contributed by atoms with Crippen LogP contribution in [0.25, 0.3) is 11.4 Å². The van der Waals surface area contributed by atoms with Crippen LogP contribution >= 0.6 is 0 Å². The van der Waals surface area contributed by atoms with Crippen molar-refractivity contribution in [2.45, 2.75) is 39.2 Å². The Kier molecular flexibility index (Phi) is 4.29. The van der Waals surface area contributed by atoms with Crippen LogP contribution in [0.3, 0.4) is 0 Å². The van der Waals surface area contributed by atoms with E-state index in [0.29, 0.717) is 12.0 Å². The van der Waals surface area contributed by atoms with Crippen LogP contribution in [0.4, 0.5) is 0 Å². The molecule has 0 aliphatic carbocycles. The van der Waals surface area contributed by atoms with Gasteiger partial charge in [0.15, 0.2) is 0 Å². The Morgan fingerprint density at radius 1 is 1.33 bits per heavy atom. The lowest BCUT2D eigenvalue weighted by Gasteiger charge is -2.22. The van der Waals surface area contributed by atoms with Crippen LogP contribution in [-0.4, -0.2) is 32.8 Å². The molecule has 1 aliphatic rings. The van der Waals surface area contributed by atoms with E-state index in [1.165, 1.54) is 12.8 Å². The summed E-state index contributed by atoms with van der Waals surface area (Å²) in [6.45, 7) is 6.49. The highest BCUT2D eigenvalue weighted by Gasteiger charge is 2.15. The Bertz CT molecular complexity index is 567. The van der Waals surface area contributed by atoms with Crippen molar-refractivity contribution in [1.29, 1.82) is 0 Å². The third-order valence-corrected chi connectivity index (χ3v) is 4.02. The van der Waals surface area contributed by atoms with Gasteiger partial charge in [0, 0.05) is 18.4 Å². The first-order valence-electron chi connectivity index (χ1n) is 7.79. The van der Waals surface area contributed by atoms with Gasteiger partial charge < -0.3 is 5.32 Å². The SMILES string of the molecule is CC(C)n1nccc1-c1cnc(C[C@H]2CCCNC2)cn1. The zero-order valence-corrected chi connectivity index (χ0v) is 12.8. The Labute approximate surface area is 125 Å². The van der Waals surface area contributed by atoms with E-state index in [0.717, 1.165) is 36.6 Å². The van der Waals surface area contributed by atoms with Crippen LogP contribution in [-0.2, 0) is 6.42 Å². The number of piperidine rings is 1. The minimum absolute atomic E-state index is 0.324. The van der Waals surface area contributed by atoms with Gasteiger partial charge in [-0.05, 0) is 58.2 Å². The summed E-state index contributed by atoms with van der Waals surface area (Å²) in [5.41, 5.74) is 3.01. The molecule has 0 bridgehead atoms. The highest BCUT2D eigenvalue weighted by atomic mass is 15.3. The fourth-order valence-electron chi connectivity index (χ4n) is 2.92. The summed E-state index contributed by atoms with van der Waals surface area (Å²) in [7, 11) is 0. The van der Waals surface area contributed by atoms with E-state index in [4.69, 9.17) is 0 Å². The molecule has 2 aromatic rings. The second kappa shape index (κ2) is 6.35. The van der Waals surface area contributed by atoms with E-state index >= 15 is 0 Å². The largest absolute Gasteiger partial charge is 0.316 e. The number of nitrogens with one attached hydrogen (secondary N) is 1. The predicted octanol–water partition coefficient (Wildman–Crippen LogP) is 2.46. The van der Waals surface area contributed by atoms with Crippen molar-refractivity contribution in [2.75, 3.05) is 13.1 Å². The smallest absolute Gasteiger partial charge is 0.107 e. The molecule has 1 saturated heterocycles. The molecule has 0 radical (unpaired) electrons. The van der Waals surface area contributed by atoms with Gasteiger partial charge in [0.05, 0.1) is 17.6 Å². The van der Waals surface area contributed by atoms with E-state index in [9.17, 15) is 0 Å². The van der Waals surface area contributed by atoms with Crippen molar-refractivity contribution < 1.29 is 0 Å². The lowest BCUT2D eigenvalue weighted by atomic mass is 9.95. The summed E-state index contributed by atoms with van der Waals surface area (Å²) < 4.78 is 1.98. The van der Waals surface area contributed by atoms with Crippen molar-refractivity contribution in [3.63, 3.8) is 0 Å². The number of hydrogen-bond donors (Lipinski definition) is 1. The van der Waals surface area contributed by atoms with E-state index in [-0.39, 0.29) is 0 Å². The fraction of sp³-hybridized carbons (Fsp3) is 0.562. The molecule has 5 heteroatoms. The molecule has 1 N–H and O–H groups in total. The van der Waals surface area contributed by atoms with Crippen molar-refractivity contribution in [3.8, 4) is 11.4 Å². The van der Waals surface area contributed by atoms with Crippen molar-refractivity contribution in [3.05, 3.63) is 30.4 Å². The van der Waals surface area contributed by atoms with Gasteiger partial charge in [0.25, 0.3) is 0 Å². The maximum Gasteiger partial charge on any atom is 0.107 e. The van der Waals surface area contributed by atoms with Gasteiger partial charge in [0.1, 0.15) is 5.69 Å². The van der Waals surface area contributed by atoms with Crippen molar-refractivity contribution in [1.82, 2.24) is 25.1 Å². The molecular formula is C16H23N5. The zero-order valence-electron chi connectivity index (χ0n) is 12.8. The molecule has 21 heavy (non-hydrogen) atoms. The molecule has 1 atom stereocenters. The second-order valence-corrected chi connectivity index (χ2v) is 6.06. The predicted molar refractivity (Wildman–Crippen MR) is 82.9 cm³/mol. The molecule has 0 amide bonds. The lowest BCUT2D eigenvalue weighted by Crippen LogP contribution is -2.31. The summed E-state index contributed by atoms with van der Waals surface area (Å²) in [6, 6.07) is 2.32. The highest BCUT2D eigenvalue weighted by Crippen LogP contribution is 2.20. The molecule has 3 heterocycles. The number of hydrogen-bond acceptors (Lipinski definition) is 4. The number of aromatic nitrogens is 4. The average molecular weight is 285 g/mol. The minimum Gasteiger partial charge on any atom is -0.316 e. The minimum atomic E-state index is 0.324. The molecule has 1 fully saturated rings. The van der Waals surface area contributed by atoms with Gasteiger partial charge in [-0.3, -0.25) is 14.6 Å². The Morgan fingerprint density at radius 3 is 2.90 bits per heavy atom. The van der Waals surface area contributed by atoms with Gasteiger partial charge in [-0.2, -0.15) is 5.10 Å². The summed E-state index contributed by atoms with van der Waals surface area (Å²) in [5, 5.41) is 7.80. The van der Waals surface area contributed by atoms with Crippen molar-refractivity contribution >= 4 is 0 Å². The topological polar surface area (TPSA) is 55.6 Å². The first kappa shape index (κ1) is 14.2. The molecule has 5 nitrogen and oxygen atoms in total. The Hall–Kier alpha value is -1.75. The van der Waals surface area contributed by atoms with Crippen molar-refractivity contribution in [2.24, 2.45) is 5.92 Å². The average Bonchev–Trinajstić information content (AvgIpc) is 2.99. The van der Waals surface area contributed by atoms with Gasteiger partial charge in [-0.1, -0.05) is 0 Å². The van der Waals surface area contributed by atoms with Gasteiger partial charge in [-0.15, -0.1) is 0 Å². The monoisotopic (exact) mass is 285 g/mol. The zero-order chi connectivity index (χ0) is 14.7. The second-order valence-electron chi connectivity index (χ2n) is 6.06. The lowest BCUT2D eigenvalue weighted by molar-refractivity contribution is 0.373. The summed E-state index contributed by atoms with van der Waals surface area (Å²) in [6.07, 6.45) is 9.19. The first-order chi connectivity index (χ1) is 10.2. The van der Waals surface area contributed by atoms with E-state index in [1.807, 2.05) is 29.3 Å². The van der Waals surface area contributed by atoms with Crippen LogP contribution in [0.5, 0.6) is 0 Å². The summed E-state index contributed by atoms with van der Waals surface area (Å²) >= 11 is 0. The molecule has 3 rings (SSSR count). The highest BCUT2D eigenvalue weighted by molar-refractivity contribution is 5.52. The molecule has 0 aromatic carbocycles. The molecule has 112 valence electrons. The van der Waals surface area contributed by atoms with Crippen LogP contribution in [0.1, 0.15) is 38.4 Å². The fourth-order valence-corrected chi connectivity index (χ4v) is 2.92. The Balaban J connectivity index is 1.73. The molecule has 0 saturated carbocycles. The van der Waals surface area contributed by atoms with Gasteiger partial charge in [0.2, 0.25) is 0 Å². The third-order valence-electron chi connectivity index (χ3n) is 4.02. The van der Waals surface area contributed by atoms with E-state index < -0.39 is 0 Å². The van der Waals surface area contributed by atoms with Crippen LogP contribution in [0.2, 0.25) is 0 Å². The molecule has 2 aromatic heterocycles. The number of rotatable bonds is 4. The standard InChI is InChI=1S/C16H23N5/c1-12(2)21-16(5-7-20-21)15-11-18-14(10-19-15)8-13-4-3-6-17-9-13/h5,7,10-13,17H,3-4,6,8-9H2,1-2H3/t13-/m1/s1. The van der Waals surface area contributed by atoms with E-state index in [2.05, 4.69) is 34.2 Å². The van der Waals surface area contributed by atoms with E-state index in [1.54, 1.807) is 0 Å². The maximum atomic E-state index is 4.60. The van der Waals surface area contributed by atoms with Gasteiger partial charge in [-0.25, -0.2) is 0 Å². The molecular weight excluding hydrogens is 262 g/mol. The quantitative estimate of drug-likeness (QED) is 0.937. The summed E-state index contributed by atoms with van der Waals surface area (Å²) in [5.74, 6) is 0.695. The summed E-state index contributed by atoms with van der Waals surface area (Å²) in [4.78, 5) is 9.18. The van der Waals surface area contributed by atoms with Crippen LogP contribution in [0.15, 0.2) is 24.7 Å². The van der Waals surface area contributed by atoms with Gasteiger partial charge >= 0.3 is 0 Å².